The summed E-state index contributed by atoms with van der Waals surface area (Å²) in [5.74, 6) is 0. The molecule has 0 rings (SSSR count). The molecule has 0 fully saturated rings. The fourth-order valence-corrected chi connectivity index (χ4v) is 0.520. The Kier molecular flexibility index (Phi) is 33.1. The van der Waals surface area contributed by atoms with E-state index in [1.54, 1.807) is 6.08 Å². The van der Waals surface area contributed by atoms with Gasteiger partial charge in [-0.3, -0.25) is 0 Å². The van der Waals surface area contributed by atoms with Crippen molar-refractivity contribution in [1.29, 1.82) is 0 Å². The molecule has 0 aliphatic carbocycles. The molecule has 0 aliphatic rings. The summed E-state index contributed by atoms with van der Waals surface area (Å²) in [5.41, 5.74) is 0. The van der Waals surface area contributed by atoms with Crippen LogP contribution in [0.1, 0.15) is 34.6 Å². The first-order valence-corrected chi connectivity index (χ1v) is 5.03. The van der Waals surface area contributed by atoms with Crippen LogP contribution < -0.4 is 0 Å². The van der Waals surface area contributed by atoms with Crippen molar-refractivity contribution in [3.05, 3.63) is 35.4 Å². The Morgan fingerprint density at radius 1 is 1.17 bits per heavy atom. The van der Waals surface area contributed by atoms with E-state index in [0.717, 1.165) is 4.48 Å². The quantitative estimate of drug-likeness (QED) is 0.437. The molecule has 0 aliphatic heterocycles. The monoisotopic (exact) mass is 232 g/mol. The Morgan fingerprint density at radius 2 is 1.50 bits per heavy atom. The van der Waals surface area contributed by atoms with Crippen molar-refractivity contribution < 1.29 is 0 Å². The molecule has 1 heteroatoms. The summed E-state index contributed by atoms with van der Waals surface area (Å²) in [6.45, 7) is 13.2. The highest BCUT2D eigenvalue weighted by Crippen LogP contribution is 2.04. The Hall–Kier alpha value is -0.300. The third-order valence-electron chi connectivity index (χ3n) is 0.602. The molecule has 0 aromatic carbocycles. The van der Waals surface area contributed by atoms with Crippen molar-refractivity contribution in [2.45, 2.75) is 34.6 Å². The highest BCUT2D eigenvalue weighted by molar-refractivity contribution is 9.11. The van der Waals surface area contributed by atoms with Crippen molar-refractivity contribution in [2.24, 2.45) is 0 Å². The lowest BCUT2D eigenvalue weighted by atomic mass is 10.5. The van der Waals surface area contributed by atoms with Gasteiger partial charge in [-0.05, 0) is 20.8 Å². The van der Waals surface area contributed by atoms with Crippen molar-refractivity contribution in [2.75, 3.05) is 0 Å². The van der Waals surface area contributed by atoms with E-state index in [-0.39, 0.29) is 0 Å². The van der Waals surface area contributed by atoms with E-state index in [2.05, 4.69) is 22.5 Å². The van der Waals surface area contributed by atoms with Crippen molar-refractivity contribution in [1.82, 2.24) is 0 Å². The van der Waals surface area contributed by atoms with E-state index < -0.39 is 0 Å². The first kappa shape index (κ1) is 17.7. The summed E-state index contributed by atoms with van der Waals surface area (Å²) < 4.78 is 1.13. The molecule has 0 N–H and O–H groups in total. The summed E-state index contributed by atoms with van der Waals surface area (Å²) in [6.07, 6.45) is 7.74. The maximum absolute atomic E-state index is 3.36. The molecule has 0 heterocycles. The maximum Gasteiger partial charge on any atom is 0.0129 e. The van der Waals surface area contributed by atoms with Crippen molar-refractivity contribution in [3.63, 3.8) is 0 Å². The van der Waals surface area contributed by atoms with Gasteiger partial charge in [0, 0.05) is 4.48 Å². The van der Waals surface area contributed by atoms with Crippen LogP contribution in [0.2, 0.25) is 0 Å². The normalized spacial score (nSPS) is 9.33. The summed E-state index contributed by atoms with van der Waals surface area (Å²) in [7, 11) is 0. The predicted octanol–water partition coefficient (Wildman–Crippen LogP) is 5.08. The number of rotatable bonds is 1. The molecular weight excluding hydrogens is 212 g/mol. The van der Waals surface area contributed by atoms with Crippen LogP contribution in [0.3, 0.4) is 0 Å². The van der Waals surface area contributed by atoms with Gasteiger partial charge in [0.1, 0.15) is 0 Å². The largest absolute Gasteiger partial charge is 0.103 e. The van der Waals surface area contributed by atoms with Crippen molar-refractivity contribution >= 4 is 15.9 Å². The number of hydrogen-bond donors (Lipinski definition) is 0. The standard InChI is InChI=1S/C6H9Br.C3H6.C2H6/c1-3-5-6(7)4-2;1-3-2;1-2/h3-5H,1-2H3;3H,1H2,2H3;1-2H3/b5-3-,6-4?;;. The van der Waals surface area contributed by atoms with Gasteiger partial charge in [0.15, 0.2) is 0 Å². The van der Waals surface area contributed by atoms with E-state index in [9.17, 15) is 0 Å². The Balaban J connectivity index is -0.000000137. The maximum atomic E-state index is 3.36. The van der Waals surface area contributed by atoms with E-state index in [0.29, 0.717) is 0 Å². The van der Waals surface area contributed by atoms with Gasteiger partial charge >= 0.3 is 0 Å². The van der Waals surface area contributed by atoms with E-state index >= 15 is 0 Å². The number of hydrogen-bond acceptors (Lipinski definition) is 0. The lowest BCUT2D eigenvalue weighted by Gasteiger charge is -1.78. The number of halogens is 1. The zero-order valence-electron chi connectivity index (χ0n) is 8.89. The van der Waals surface area contributed by atoms with E-state index in [4.69, 9.17) is 0 Å². The second kappa shape index (κ2) is 22.4. The molecule has 0 saturated heterocycles. The SMILES string of the molecule is C=CC.CC.CC=C(Br)/C=C\C. The molecule has 12 heavy (non-hydrogen) atoms. The van der Waals surface area contributed by atoms with Gasteiger partial charge < -0.3 is 0 Å². The van der Waals surface area contributed by atoms with Gasteiger partial charge in [0.2, 0.25) is 0 Å². The van der Waals surface area contributed by atoms with Crippen LogP contribution in [0.5, 0.6) is 0 Å². The lowest BCUT2D eigenvalue weighted by Crippen LogP contribution is -1.53. The second-order valence-electron chi connectivity index (χ2n) is 1.58. The summed E-state index contributed by atoms with van der Waals surface area (Å²) in [5, 5.41) is 0. The molecule has 0 amide bonds. The molecule has 72 valence electrons. The smallest absolute Gasteiger partial charge is 0.0129 e. The van der Waals surface area contributed by atoms with Gasteiger partial charge in [0.25, 0.3) is 0 Å². The van der Waals surface area contributed by atoms with Crippen LogP contribution in [0.15, 0.2) is 35.4 Å². The number of allylic oxidation sites excluding steroid dienone is 5. The highest BCUT2D eigenvalue weighted by Gasteiger charge is 1.72. The zero-order chi connectivity index (χ0) is 10.4. The highest BCUT2D eigenvalue weighted by atomic mass is 79.9. The Morgan fingerprint density at radius 3 is 1.58 bits per heavy atom. The molecule has 0 nitrogen and oxygen atoms in total. The third kappa shape index (κ3) is 33.2. The average molecular weight is 233 g/mol. The fraction of sp³-hybridized carbons (Fsp3) is 0.455. The van der Waals surface area contributed by atoms with Crippen LogP contribution in [-0.2, 0) is 0 Å². The van der Waals surface area contributed by atoms with E-state index in [1.807, 2.05) is 52.8 Å². The Labute approximate surface area is 86.2 Å². The fourth-order valence-electron chi connectivity index (χ4n) is 0.255. The Bertz CT molecular complexity index is 121. The van der Waals surface area contributed by atoms with Crippen LogP contribution in [0.25, 0.3) is 0 Å². The summed E-state index contributed by atoms with van der Waals surface area (Å²) >= 11 is 3.31. The molecule has 0 unspecified atom stereocenters. The predicted molar refractivity (Wildman–Crippen MR) is 64.7 cm³/mol. The minimum absolute atomic E-state index is 1.13. The summed E-state index contributed by atoms with van der Waals surface area (Å²) in [4.78, 5) is 0. The minimum atomic E-state index is 1.13. The van der Waals surface area contributed by atoms with Crippen LogP contribution in [-0.4, -0.2) is 0 Å². The molecule has 0 aromatic heterocycles. The molecule has 0 bridgehead atoms. The van der Waals surface area contributed by atoms with E-state index in [1.165, 1.54) is 0 Å². The molecule has 0 spiro atoms. The van der Waals surface area contributed by atoms with Crippen LogP contribution in [0, 0.1) is 0 Å². The molecule has 0 atom stereocenters. The van der Waals surface area contributed by atoms with Gasteiger partial charge in [0.05, 0.1) is 0 Å². The first-order valence-electron chi connectivity index (χ1n) is 4.24. The minimum Gasteiger partial charge on any atom is -0.103 e. The van der Waals surface area contributed by atoms with Crippen molar-refractivity contribution in [3.8, 4) is 0 Å². The van der Waals surface area contributed by atoms with Crippen LogP contribution >= 0.6 is 15.9 Å². The van der Waals surface area contributed by atoms with Gasteiger partial charge in [-0.1, -0.05) is 54.1 Å². The van der Waals surface area contributed by atoms with Crippen LogP contribution in [0.4, 0.5) is 0 Å². The molecule has 0 saturated carbocycles. The summed E-state index contributed by atoms with van der Waals surface area (Å²) in [6, 6.07) is 0. The first-order chi connectivity index (χ1) is 5.72. The molecule has 0 aromatic rings. The lowest BCUT2D eigenvalue weighted by molar-refractivity contribution is 1.50. The second-order valence-corrected chi connectivity index (χ2v) is 2.50. The van der Waals surface area contributed by atoms with Gasteiger partial charge in [-0.2, -0.15) is 0 Å². The van der Waals surface area contributed by atoms with Gasteiger partial charge in [-0.25, -0.2) is 0 Å². The molecule has 0 radical (unpaired) electrons. The average Bonchev–Trinajstić information content (AvgIpc) is 2.10. The topological polar surface area (TPSA) is 0 Å². The van der Waals surface area contributed by atoms with Gasteiger partial charge in [-0.15, -0.1) is 6.58 Å². The zero-order valence-corrected chi connectivity index (χ0v) is 10.5. The molecular formula is C11H21Br. The third-order valence-corrected chi connectivity index (χ3v) is 1.32.